The van der Waals surface area contributed by atoms with Gasteiger partial charge in [0.05, 0.1) is 6.10 Å². The first-order chi connectivity index (χ1) is 6.39. The van der Waals surface area contributed by atoms with Crippen LogP contribution in [0.4, 0.5) is 0 Å². The summed E-state index contributed by atoms with van der Waals surface area (Å²) in [5, 5.41) is 9.86. The predicted molar refractivity (Wildman–Crippen MR) is 62.8 cm³/mol. The maximum Gasteiger partial charge on any atom is 0.0592 e. The first kappa shape index (κ1) is 11.7. The van der Waals surface area contributed by atoms with Gasteiger partial charge < -0.3 is 5.11 Å². The summed E-state index contributed by atoms with van der Waals surface area (Å²) in [5.74, 6) is 0. The SMILES string of the molecule is Cc1ccc(CCC(O)C(C)(C)C)s1. The molecule has 0 amide bonds. The van der Waals surface area contributed by atoms with E-state index >= 15 is 0 Å². The zero-order valence-electron chi connectivity index (χ0n) is 9.50. The molecule has 1 N–H and O–H groups in total. The summed E-state index contributed by atoms with van der Waals surface area (Å²) >= 11 is 1.83. The number of aliphatic hydroxyl groups is 1. The van der Waals surface area contributed by atoms with Crippen molar-refractivity contribution in [1.82, 2.24) is 0 Å². The first-order valence-electron chi connectivity index (χ1n) is 5.13. The van der Waals surface area contributed by atoms with Crippen LogP contribution in [0.5, 0.6) is 0 Å². The summed E-state index contributed by atoms with van der Waals surface area (Å²) in [6.45, 7) is 8.36. The zero-order chi connectivity index (χ0) is 10.8. The van der Waals surface area contributed by atoms with Crippen molar-refractivity contribution in [3.8, 4) is 0 Å². The lowest BCUT2D eigenvalue weighted by molar-refractivity contribution is 0.0562. The second kappa shape index (κ2) is 4.45. The number of hydrogen-bond acceptors (Lipinski definition) is 2. The van der Waals surface area contributed by atoms with E-state index in [2.05, 4.69) is 39.8 Å². The van der Waals surface area contributed by atoms with Gasteiger partial charge in [0, 0.05) is 9.75 Å². The summed E-state index contributed by atoms with van der Waals surface area (Å²) in [7, 11) is 0. The Morgan fingerprint density at radius 1 is 1.36 bits per heavy atom. The van der Waals surface area contributed by atoms with Crippen molar-refractivity contribution >= 4 is 11.3 Å². The Hall–Kier alpha value is -0.340. The van der Waals surface area contributed by atoms with Crippen molar-refractivity contribution in [2.75, 3.05) is 0 Å². The van der Waals surface area contributed by atoms with E-state index in [0.717, 1.165) is 12.8 Å². The first-order valence-corrected chi connectivity index (χ1v) is 5.94. The summed E-state index contributed by atoms with van der Waals surface area (Å²) in [6, 6.07) is 4.30. The van der Waals surface area contributed by atoms with Crippen LogP contribution in [0.1, 0.15) is 36.9 Å². The van der Waals surface area contributed by atoms with E-state index in [0.29, 0.717) is 0 Å². The second-order valence-electron chi connectivity index (χ2n) is 4.93. The lowest BCUT2D eigenvalue weighted by atomic mass is 9.86. The minimum atomic E-state index is -0.204. The minimum Gasteiger partial charge on any atom is -0.393 e. The van der Waals surface area contributed by atoms with Crippen LogP contribution >= 0.6 is 11.3 Å². The molecule has 1 aromatic heterocycles. The third kappa shape index (κ3) is 3.43. The van der Waals surface area contributed by atoms with E-state index in [4.69, 9.17) is 0 Å². The number of rotatable bonds is 3. The Bertz CT molecular complexity index is 283. The van der Waals surface area contributed by atoms with Crippen LogP contribution in [0.25, 0.3) is 0 Å². The summed E-state index contributed by atoms with van der Waals surface area (Å²) in [5.41, 5.74) is 0.00625. The molecule has 1 heterocycles. The van der Waals surface area contributed by atoms with E-state index in [1.165, 1.54) is 9.75 Å². The van der Waals surface area contributed by atoms with E-state index in [-0.39, 0.29) is 11.5 Å². The standard InChI is InChI=1S/C12H20OS/c1-9-5-6-10(14-9)7-8-11(13)12(2,3)4/h5-6,11,13H,7-8H2,1-4H3. The highest BCUT2D eigenvalue weighted by Crippen LogP contribution is 2.24. The van der Waals surface area contributed by atoms with Crippen LogP contribution in [-0.2, 0) is 6.42 Å². The van der Waals surface area contributed by atoms with Gasteiger partial charge >= 0.3 is 0 Å². The van der Waals surface area contributed by atoms with Crippen molar-refractivity contribution in [3.63, 3.8) is 0 Å². The predicted octanol–water partition coefficient (Wildman–Crippen LogP) is 3.40. The molecule has 0 radical (unpaired) electrons. The third-order valence-electron chi connectivity index (χ3n) is 2.46. The molecule has 2 heteroatoms. The van der Waals surface area contributed by atoms with Crippen LogP contribution in [0.15, 0.2) is 12.1 Å². The van der Waals surface area contributed by atoms with Gasteiger partial charge in [0.25, 0.3) is 0 Å². The van der Waals surface area contributed by atoms with Crippen LogP contribution in [0.3, 0.4) is 0 Å². The molecule has 0 saturated carbocycles. The Labute approximate surface area is 90.8 Å². The van der Waals surface area contributed by atoms with Crippen molar-refractivity contribution in [2.24, 2.45) is 5.41 Å². The van der Waals surface area contributed by atoms with E-state index in [1.54, 1.807) is 0 Å². The number of hydrogen-bond donors (Lipinski definition) is 1. The highest BCUT2D eigenvalue weighted by atomic mass is 32.1. The number of aryl methyl sites for hydroxylation is 2. The molecule has 80 valence electrons. The fraction of sp³-hybridized carbons (Fsp3) is 0.667. The lowest BCUT2D eigenvalue weighted by Gasteiger charge is -2.25. The molecule has 0 spiro atoms. The second-order valence-corrected chi connectivity index (χ2v) is 6.31. The van der Waals surface area contributed by atoms with Crippen molar-refractivity contribution in [2.45, 2.75) is 46.6 Å². The molecule has 0 aliphatic carbocycles. The lowest BCUT2D eigenvalue weighted by Crippen LogP contribution is -2.26. The van der Waals surface area contributed by atoms with Gasteiger partial charge in [0.1, 0.15) is 0 Å². The van der Waals surface area contributed by atoms with E-state index < -0.39 is 0 Å². The summed E-state index contributed by atoms with van der Waals surface area (Å²) < 4.78 is 0. The van der Waals surface area contributed by atoms with Gasteiger partial charge in [0.2, 0.25) is 0 Å². The Morgan fingerprint density at radius 3 is 2.43 bits per heavy atom. The van der Waals surface area contributed by atoms with E-state index in [1.807, 2.05) is 11.3 Å². The van der Waals surface area contributed by atoms with Crippen LogP contribution in [0.2, 0.25) is 0 Å². The monoisotopic (exact) mass is 212 g/mol. The fourth-order valence-electron chi connectivity index (χ4n) is 1.33. The molecular weight excluding hydrogens is 192 g/mol. The summed E-state index contributed by atoms with van der Waals surface area (Å²) in [6.07, 6.45) is 1.66. The van der Waals surface area contributed by atoms with Gasteiger partial charge in [-0.3, -0.25) is 0 Å². The Morgan fingerprint density at radius 2 is 2.00 bits per heavy atom. The average Bonchev–Trinajstić information content (AvgIpc) is 2.45. The largest absolute Gasteiger partial charge is 0.393 e. The Kier molecular flexibility index (Phi) is 3.73. The van der Waals surface area contributed by atoms with Gasteiger partial charge in [-0.25, -0.2) is 0 Å². The maximum atomic E-state index is 9.86. The number of aliphatic hydroxyl groups excluding tert-OH is 1. The van der Waals surface area contributed by atoms with Gasteiger partial charge in [0.15, 0.2) is 0 Å². The van der Waals surface area contributed by atoms with Crippen molar-refractivity contribution < 1.29 is 5.11 Å². The highest BCUT2D eigenvalue weighted by Gasteiger charge is 2.21. The molecule has 1 unspecified atom stereocenters. The molecule has 1 nitrogen and oxygen atoms in total. The summed E-state index contributed by atoms with van der Waals surface area (Å²) in [4.78, 5) is 2.73. The smallest absolute Gasteiger partial charge is 0.0592 e. The van der Waals surface area contributed by atoms with Crippen molar-refractivity contribution in [1.29, 1.82) is 0 Å². The molecule has 0 aliphatic rings. The van der Waals surface area contributed by atoms with Crippen LogP contribution in [0, 0.1) is 12.3 Å². The van der Waals surface area contributed by atoms with Crippen molar-refractivity contribution in [3.05, 3.63) is 21.9 Å². The fourth-order valence-corrected chi connectivity index (χ4v) is 2.24. The molecule has 0 bridgehead atoms. The van der Waals surface area contributed by atoms with Gasteiger partial charge in [-0.2, -0.15) is 0 Å². The number of thiophene rings is 1. The third-order valence-corrected chi connectivity index (χ3v) is 3.52. The molecule has 1 atom stereocenters. The highest BCUT2D eigenvalue weighted by molar-refractivity contribution is 7.11. The zero-order valence-corrected chi connectivity index (χ0v) is 10.3. The maximum absolute atomic E-state index is 9.86. The van der Waals surface area contributed by atoms with Gasteiger partial charge in [-0.15, -0.1) is 11.3 Å². The van der Waals surface area contributed by atoms with Crippen LogP contribution in [-0.4, -0.2) is 11.2 Å². The molecule has 0 saturated heterocycles. The van der Waals surface area contributed by atoms with Gasteiger partial charge in [-0.1, -0.05) is 20.8 Å². The quantitative estimate of drug-likeness (QED) is 0.814. The van der Waals surface area contributed by atoms with E-state index in [9.17, 15) is 5.11 Å². The Balaban J connectivity index is 2.41. The van der Waals surface area contributed by atoms with Crippen LogP contribution < -0.4 is 0 Å². The molecule has 1 aromatic rings. The molecule has 0 aliphatic heterocycles. The normalized spacial score (nSPS) is 14.4. The molecular formula is C12H20OS. The van der Waals surface area contributed by atoms with Gasteiger partial charge in [-0.05, 0) is 37.3 Å². The molecule has 1 rings (SSSR count). The molecule has 0 aromatic carbocycles. The topological polar surface area (TPSA) is 20.2 Å². The molecule has 0 fully saturated rings. The molecule has 14 heavy (non-hydrogen) atoms. The average molecular weight is 212 g/mol. The minimum absolute atomic E-state index is 0.00625.